The maximum atomic E-state index is 13.2. The second-order valence-corrected chi connectivity index (χ2v) is 10.4. The van der Waals surface area contributed by atoms with Crippen molar-refractivity contribution in [2.45, 2.75) is 24.8 Å². The summed E-state index contributed by atoms with van der Waals surface area (Å²) >= 11 is 0. The highest BCUT2D eigenvalue weighted by Crippen LogP contribution is 2.27. The highest BCUT2D eigenvalue weighted by atomic mass is 32.2. The molecule has 0 unspecified atom stereocenters. The van der Waals surface area contributed by atoms with Gasteiger partial charge >= 0.3 is 0 Å². The Hall–Kier alpha value is -3.50. The van der Waals surface area contributed by atoms with Crippen molar-refractivity contribution in [3.8, 4) is 5.69 Å². The molecule has 2 aromatic heterocycles. The van der Waals surface area contributed by atoms with Crippen LogP contribution in [0.3, 0.4) is 0 Å². The molecular formula is C24H26N6O3S. The molecule has 1 N–H and O–H groups in total. The first-order valence-corrected chi connectivity index (χ1v) is 12.6. The Morgan fingerprint density at radius 2 is 1.68 bits per heavy atom. The maximum absolute atomic E-state index is 13.2. The molecule has 10 heteroatoms. The number of nitrogens with one attached hydrogen (secondary N) is 1. The molecular weight excluding hydrogens is 452 g/mol. The lowest BCUT2D eigenvalue weighted by Crippen LogP contribution is -2.41. The lowest BCUT2D eigenvalue weighted by molar-refractivity contribution is -0.121. The van der Waals surface area contributed by atoms with Crippen LogP contribution in [-0.2, 0) is 21.9 Å². The quantitative estimate of drug-likeness (QED) is 0.475. The molecule has 1 aliphatic rings. The van der Waals surface area contributed by atoms with Gasteiger partial charge in [-0.2, -0.15) is 4.31 Å². The number of fused-ring (bicyclic) bond motifs is 1. The fourth-order valence-electron chi connectivity index (χ4n) is 4.30. The zero-order valence-electron chi connectivity index (χ0n) is 19.0. The average Bonchev–Trinajstić information content (AvgIpc) is 3.39. The van der Waals surface area contributed by atoms with Gasteiger partial charge in [-0.05, 0) is 44.0 Å². The Kier molecular flexibility index (Phi) is 5.70. The Morgan fingerprint density at radius 1 is 1.00 bits per heavy atom. The number of rotatable bonds is 5. The van der Waals surface area contributed by atoms with Gasteiger partial charge in [0.25, 0.3) is 10.0 Å². The molecule has 1 saturated heterocycles. The van der Waals surface area contributed by atoms with Crippen molar-refractivity contribution >= 4 is 32.9 Å². The highest BCUT2D eigenvalue weighted by Gasteiger charge is 2.34. The van der Waals surface area contributed by atoms with E-state index in [1.54, 1.807) is 18.5 Å². The van der Waals surface area contributed by atoms with E-state index in [4.69, 9.17) is 0 Å². The van der Waals surface area contributed by atoms with Crippen molar-refractivity contribution in [2.75, 3.05) is 18.4 Å². The van der Waals surface area contributed by atoms with E-state index >= 15 is 0 Å². The van der Waals surface area contributed by atoms with Crippen molar-refractivity contribution < 1.29 is 13.2 Å². The minimum atomic E-state index is -3.68. The lowest BCUT2D eigenvalue weighted by Gasteiger charge is -2.29. The number of benzene rings is 2. The van der Waals surface area contributed by atoms with Crippen molar-refractivity contribution in [1.29, 1.82) is 0 Å². The summed E-state index contributed by atoms with van der Waals surface area (Å²) in [5.41, 5.74) is 2.59. The van der Waals surface area contributed by atoms with Crippen LogP contribution >= 0.6 is 0 Å². The number of sulfonamides is 1. The number of hydrogen-bond donors (Lipinski definition) is 1. The summed E-state index contributed by atoms with van der Waals surface area (Å²) in [7, 11) is -1.91. The molecule has 0 bridgehead atoms. The van der Waals surface area contributed by atoms with Crippen LogP contribution in [0.25, 0.3) is 16.7 Å². The molecule has 34 heavy (non-hydrogen) atoms. The summed E-state index contributed by atoms with van der Waals surface area (Å²) in [5, 5.41) is 3.04. The smallest absolute Gasteiger partial charge is 0.262 e. The van der Waals surface area contributed by atoms with E-state index in [1.807, 2.05) is 59.2 Å². The van der Waals surface area contributed by atoms with Crippen LogP contribution in [0.4, 0.5) is 5.95 Å². The molecule has 5 rings (SSSR count). The molecule has 1 amide bonds. The molecule has 0 saturated carbocycles. The van der Waals surface area contributed by atoms with E-state index in [-0.39, 0.29) is 29.9 Å². The molecule has 2 aromatic carbocycles. The van der Waals surface area contributed by atoms with Gasteiger partial charge in [0.15, 0.2) is 5.03 Å². The third kappa shape index (κ3) is 3.99. The van der Waals surface area contributed by atoms with E-state index < -0.39 is 10.0 Å². The topological polar surface area (TPSA) is 102 Å². The van der Waals surface area contributed by atoms with Crippen LogP contribution in [0.2, 0.25) is 0 Å². The SMILES string of the molecule is Cc1nc(S(=O)(=O)N2CCC(C(=O)Nc3nc4ccccc4n3-c3ccccc3)CC2)cn1C. The van der Waals surface area contributed by atoms with Gasteiger partial charge in [-0.1, -0.05) is 30.3 Å². The largest absolute Gasteiger partial charge is 0.337 e. The van der Waals surface area contributed by atoms with Crippen LogP contribution < -0.4 is 5.32 Å². The fourth-order valence-corrected chi connectivity index (χ4v) is 5.80. The van der Waals surface area contributed by atoms with Gasteiger partial charge in [0.05, 0.1) is 11.0 Å². The van der Waals surface area contributed by atoms with Gasteiger partial charge in [0, 0.05) is 37.9 Å². The molecule has 4 aromatic rings. The van der Waals surface area contributed by atoms with E-state index in [0.717, 1.165) is 16.7 Å². The number of aryl methyl sites for hydroxylation is 2. The molecule has 1 fully saturated rings. The van der Waals surface area contributed by atoms with Gasteiger partial charge < -0.3 is 4.57 Å². The van der Waals surface area contributed by atoms with Gasteiger partial charge in [-0.3, -0.25) is 14.7 Å². The molecule has 9 nitrogen and oxygen atoms in total. The highest BCUT2D eigenvalue weighted by molar-refractivity contribution is 7.89. The molecule has 0 spiro atoms. The monoisotopic (exact) mass is 478 g/mol. The zero-order chi connectivity index (χ0) is 23.9. The fraction of sp³-hybridized carbons (Fsp3) is 0.292. The number of anilines is 1. The van der Waals surface area contributed by atoms with Crippen molar-refractivity contribution in [3.05, 3.63) is 66.6 Å². The summed E-state index contributed by atoms with van der Waals surface area (Å²) in [6, 6.07) is 17.5. The molecule has 1 aliphatic heterocycles. The Labute approximate surface area is 198 Å². The molecule has 0 radical (unpaired) electrons. The Balaban J connectivity index is 1.33. The normalized spacial score (nSPS) is 15.6. The van der Waals surface area contributed by atoms with Gasteiger partial charge in [0.1, 0.15) is 5.82 Å². The first-order chi connectivity index (χ1) is 16.3. The minimum Gasteiger partial charge on any atom is -0.337 e. The molecule has 176 valence electrons. The third-order valence-electron chi connectivity index (χ3n) is 6.33. The van der Waals surface area contributed by atoms with Crippen LogP contribution in [-0.4, -0.2) is 50.8 Å². The van der Waals surface area contributed by atoms with Crippen LogP contribution in [0.15, 0.2) is 65.8 Å². The molecule has 3 heterocycles. The summed E-state index contributed by atoms with van der Waals surface area (Å²) in [4.78, 5) is 22.0. The number of aromatic nitrogens is 4. The van der Waals surface area contributed by atoms with Crippen molar-refractivity contribution in [1.82, 2.24) is 23.4 Å². The number of piperidine rings is 1. The lowest BCUT2D eigenvalue weighted by atomic mass is 9.97. The summed E-state index contributed by atoms with van der Waals surface area (Å²) in [6.45, 7) is 2.30. The van der Waals surface area contributed by atoms with Gasteiger partial charge in [-0.25, -0.2) is 18.4 Å². The first kappa shape index (κ1) is 22.3. The molecule has 0 aliphatic carbocycles. The number of imidazole rings is 2. The Bertz CT molecular complexity index is 1430. The second-order valence-electron chi connectivity index (χ2n) is 8.50. The van der Waals surface area contributed by atoms with E-state index in [2.05, 4.69) is 15.3 Å². The first-order valence-electron chi connectivity index (χ1n) is 11.2. The Morgan fingerprint density at radius 3 is 2.35 bits per heavy atom. The zero-order valence-corrected chi connectivity index (χ0v) is 19.9. The molecule has 0 atom stereocenters. The van der Waals surface area contributed by atoms with Crippen LogP contribution in [0.1, 0.15) is 18.7 Å². The van der Waals surface area contributed by atoms with Gasteiger partial charge in [-0.15, -0.1) is 0 Å². The van der Waals surface area contributed by atoms with Crippen LogP contribution in [0.5, 0.6) is 0 Å². The number of carbonyl (C=O) groups is 1. The average molecular weight is 479 g/mol. The summed E-state index contributed by atoms with van der Waals surface area (Å²) in [6.07, 6.45) is 2.39. The standard InChI is InChI=1S/C24H26N6O3S/c1-17-25-22(16-28(17)2)34(32,33)29-14-12-18(13-15-29)23(31)27-24-26-20-10-6-7-11-21(20)30(24)19-8-4-3-5-9-19/h3-11,16,18H,12-15H2,1-2H3,(H,26,27,31). The predicted molar refractivity (Wildman–Crippen MR) is 129 cm³/mol. The van der Waals surface area contributed by atoms with Crippen molar-refractivity contribution in [2.24, 2.45) is 13.0 Å². The van der Waals surface area contributed by atoms with Crippen LogP contribution in [0, 0.1) is 12.8 Å². The number of nitrogens with zero attached hydrogens (tertiary/aromatic N) is 5. The van der Waals surface area contributed by atoms with E-state index in [1.165, 1.54) is 10.5 Å². The predicted octanol–water partition coefficient (Wildman–Crippen LogP) is 3.11. The number of para-hydroxylation sites is 3. The number of amides is 1. The van der Waals surface area contributed by atoms with E-state index in [0.29, 0.717) is 24.6 Å². The van der Waals surface area contributed by atoms with Gasteiger partial charge in [0.2, 0.25) is 11.9 Å². The van der Waals surface area contributed by atoms with Crippen molar-refractivity contribution in [3.63, 3.8) is 0 Å². The maximum Gasteiger partial charge on any atom is 0.262 e. The number of hydrogen-bond acceptors (Lipinski definition) is 5. The third-order valence-corrected chi connectivity index (χ3v) is 8.10. The minimum absolute atomic E-state index is 0.0481. The number of carbonyl (C=O) groups excluding carboxylic acids is 1. The summed E-state index contributed by atoms with van der Waals surface area (Å²) < 4.78 is 30.9. The van der Waals surface area contributed by atoms with E-state index in [9.17, 15) is 13.2 Å². The summed E-state index contributed by atoms with van der Waals surface area (Å²) in [5.74, 6) is 0.629. The second kappa shape index (κ2) is 8.69.